The van der Waals surface area contributed by atoms with Gasteiger partial charge >= 0.3 is 0 Å². The van der Waals surface area contributed by atoms with Crippen molar-refractivity contribution in [3.63, 3.8) is 0 Å². The maximum Gasteiger partial charge on any atom is 0.265 e. The van der Waals surface area contributed by atoms with Crippen LogP contribution in [0.2, 0.25) is 5.02 Å². The second-order valence-corrected chi connectivity index (χ2v) is 6.55. The van der Waals surface area contributed by atoms with Crippen molar-refractivity contribution in [2.24, 2.45) is 0 Å². The van der Waals surface area contributed by atoms with Gasteiger partial charge in [0.2, 0.25) is 0 Å². The Labute approximate surface area is 153 Å². The van der Waals surface area contributed by atoms with Gasteiger partial charge in [-0.25, -0.2) is 4.68 Å². The number of anilines is 1. The van der Waals surface area contributed by atoms with E-state index in [9.17, 15) is 4.79 Å². The van der Waals surface area contributed by atoms with Crippen LogP contribution in [-0.2, 0) is 18.1 Å². The van der Waals surface area contributed by atoms with Crippen molar-refractivity contribution in [3.05, 3.63) is 63.6 Å². The van der Waals surface area contributed by atoms with Crippen molar-refractivity contribution in [3.8, 4) is 5.75 Å². The van der Waals surface area contributed by atoms with Crippen LogP contribution in [0.25, 0.3) is 0 Å². The molecule has 0 fully saturated rings. The molecule has 1 amide bonds. The molecule has 6 nitrogen and oxygen atoms in total. The molecule has 130 valence electrons. The smallest absolute Gasteiger partial charge is 0.265 e. The zero-order chi connectivity index (χ0) is 17.6. The number of aromatic nitrogens is 2. The van der Waals surface area contributed by atoms with Crippen LogP contribution in [0.1, 0.15) is 15.2 Å². The molecular formula is C17H16ClN3O3S. The highest BCUT2D eigenvalue weighted by Crippen LogP contribution is 2.20. The summed E-state index contributed by atoms with van der Waals surface area (Å²) in [5, 5.41) is 9.45. The normalized spacial score (nSPS) is 10.6. The lowest BCUT2D eigenvalue weighted by Crippen LogP contribution is -2.09. The molecule has 0 radical (unpaired) electrons. The standard InChI is InChI=1S/C17H16ClN3O3S/c1-23-11-21-8-14(7-19-21)20-17(22)16-6-12(10-25-16)9-24-15-4-2-13(18)3-5-15/h2-8,10H,9,11H2,1H3,(H,20,22). The van der Waals surface area contributed by atoms with Crippen LogP contribution in [0, 0.1) is 0 Å². The molecule has 0 spiro atoms. The van der Waals surface area contributed by atoms with Gasteiger partial charge in [-0.15, -0.1) is 11.3 Å². The zero-order valence-corrected chi connectivity index (χ0v) is 15.0. The number of rotatable bonds is 7. The number of hydrogen-bond acceptors (Lipinski definition) is 5. The first kappa shape index (κ1) is 17.5. The van der Waals surface area contributed by atoms with Crippen molar-refractivity contribution in [2.75, 3.05) is 12.4 Å². The van der Waals surface area contributed by atoms with E-state index in [1.165, 1.54) is 11.3 Å². The molecule has 0 saturated carbocycles. The molecule has 8 heteroatoms. The fourth-order valence-corrected chi connectivity index (χ4v) is 3.01. The first-order valence-corrected chi connectivity index (χ1v) is 8.68. The van der Waals surface area contributed by atoms with E-state index in [1.54, 1.807) is 48.5 Å². The number of nitrogens with one attached hydrogen (secondary N) is 1. The summed E-state index contributed by atoms with van der Waals surface area (Å²) in [6.07, 6.45) is 3.29. The van der Waals surface area contributed by atoms with Crippen molar-refractivity contribution in [1.82, 2.24) is 9.78 Å². The van der Waals surface area contributed by atoms with Gasteiger partial charge in [0, 0.05) is 17.7 Å². The number of methoxy groups -OCH3 is 1. The number of carbonyl (C=O) groups is 1. The molecule has 0 unspecified atom stereocenters. The highest BCUT2D eigenvalue weighted by Gasteiger charge is 2.11. The van der Waals surface area contributed by atoms with Crippen LogP contribution >= 0.6 is 22.9 Å². The van der Waals surface area contributed by atoms with Crippen LogP contribution in [-0.4, -0.2) is 22.8 Å². The average Bonchev–Trinajstić information content (AvgIpc) is 3.24. The van der Waals surface area contributed by atoms with E-state index >= 15 is 0 Å². The van der Waals surface area contributed by atoms with E-state index < -0.39 is 0 Å². The Morgan fingerprint density at radius 3 is 2.92 bits per heavy atom. The highest BCUT2D eigenvalue weighted by atomic mass is 35.5. The number of benzene rings is 1. The van der Waals surface area contributed by atoms with Crippen molar-refractivity contribution < 1.29 is 14.3 Å². The minimum Gasteiger partial charge on any atom is -0.489 e. The largest absolute Gasteiger partial charge is 0.489 e. The predicted octanol–water partition coefficient (Wildman–Crippen LogP) is 4.03. The molecule has 0 aliphatic carbocycles. The van der Waals surface area contributed by atoms with Gasteiger partial charge in [-0.3, -0.25) is 4.79 Å². The molecule has 2 heterocycles. The van der Waals surface area contributed by atoms with Gasteiger partial charge in [0.25, 0.3) is 5.91 Å². The van der Waals surface area contributed by atoms with E-state index in [-0.39, 0.29) is 5.91 Å². The number of nitrogens with zero attached hydrogens (tertiary/aromatic N) is 2. The van der Waals surface area contributed by atoms with Crippen LogP contribution in [0.3, 0.4) is 0 Å². The van der Waals surface area contributed by atoms with E-state index in [0.29, 0.717) is 28.9 Å². The minimum atomic E-state index is -0.181. The SMILES string of the molecule is COCn1cc(NC(=O)c2cc(COc3ccc(Cl)cc3)cs2)cn1. The van der Waals surface area contributed by atoms with E-state index in [0.717, 1.165) is 11.3 Å². The van der Waals surface area contributed by atoms with Crippen LogP contribution in [0.5, 0.6) is 5.75 Å². The van der Waals surface area contributed by atoms with E-state index in [2.05, 4.69) is 10.4 Å². The Morgan fingerprint density at radius 1 is 1.36 bits per heavy atom. The molecule has 0 saturated heterocycles. The monoisotopic (exact) mass is 377 g/mol. The Kier molecular flexibility index (Phi) is 5.70. The first-order valence-electron chi connectivity index (χ1n) is 7.42. The van der Waals surface area contributed by atoms with Gasteiger partial charge in [-0.2, -0.15) is 5.10 Å². The quantitative estimate of drug-likeness (QED) is 0.675. The molecule has 1 N–H and O–H groups in total. The molecule has 2 aromatic heterocycles. The maximum atomic E-state index is 12.3. The van der Waals surface area contributed by atoms with Crippen LogP contribution in [0.4, 0.5) is 5.69 Å². The fraction of sp³-hybridized carbons (Fsp3) is 0.176. The number of hydrogen-bond donors (Lipinski definition) is 1. The second kappa shape index (κ2) is 8.15. The Bertz CT molecular complexity index is 845. The average molecular weight is 378 g/mol. The van der Waals surface area contributed by atoms with Gasteiger partial charge in [-0.05, 0) is 35.7 Å². The van der Waals surface area contributed by atoms with Gasteiger partial charge in [0.15, 0.2) is 0 Å². The first-order chi connectivity index (χ1) is 12.1. The molecule has 3 aromatic rings. The van der Waals surface area contributed by atoms with Gasteiger partial charge in [0.05, 0.1) is 23.0 Å². The number of thiophene rings is 1. The third-order valence-corrected chi connectivity index (χ3v) is 4.48. The van der Waals surface area contributed by atoms with Gasteiger partial charge in [-0.1, -0.05) is 11.6 Å². The molecule has 0 aliphatic rings. The third-order valence-electron chi connectivity index (χ3n) is 3.25. The number of amides is 1. The Balaban J connectivity index is 1.56. The van der Waals surface area contributed by atoms with Crippen LogP contribution < -0.4 is 10.1 Å². The summed E-state index contributed by atoms with van der Waals surface area (Å²) in [5.74, 6) is 0.548. The summed E-state index contributed by atoms with van der Waals surface area (Å²) in [6.45, 7) is 0.720. The van der Waals surface area contributed by atoms with Crippen LogP contribution in [0.15, 0.2) is 48.1 Å². The third kappa shape index (κ3) is 4.82. The lowest BCUT2D eigenvalue weighted by molar-refractivity contribution is 0.103. The molecule has 25 heavy (non-hydrogen) atoms. The second-order valence-electron chi connectivity index (χ2n) is 5.20. The Hall–Kier alpha value is -2.35. The number of carbonyl (C=O) groups excluding carboxylic acids is 1. The molecular weight excluding hydrogens is 362 g/mol. The Morgan fingerprint density at radius 2 is 2.16 bits per heavy atom. The summed E-state index contributed by atoms with van der Waals surface area (Å²) in [6, 6.07) is 8.97. The summed E-state index contributed by atoms with van der Waals surface area (Å²) < 4.78 is 12.2. The molecule has 1 aromatic carbocycles. The zero-order valence-electron chi connectivity index (χ0n) is 13.4. The molecule has 3 rings (SSSR count). The molecule has 0 bridgehead atoms. The minimum absolute atomic E-state index is 0.181. The lowest BCUT2D eigenvalue weighted by Gasteiger charge is -2.04. The fourth-order valence-electron chi connectivity index (χ4n) is 2.09. The summed E-state index contributed by atoms with van der Waals surface area (Å²) in [4.78, 5) is 12.9. The maximum absolute atomic E-state index is 12.3. The highest BCUT2D eigenvalue weighted by molar-refractivity contribution is 7.12. The topological polar surface area (TPSA) is 65.4 Å². The van der Waals surface area contributed by atoms with Crippen molar-refractivity contribution in [1.29, 1.82) is 0 Å². The summed E-state index contributed by atoms with van der Waals surface area (Å²) in [5.41, 5.74) is 1.55. The molecule has 0 atom stereocenters. The van der Waals surface area contributed by atoms with E-state index in [4.69, 9.17) is 21.1 Å². The van der Waals surface area contributed by atoms with Gasteiger partial charge < -0.3 is 14.8 Å². The van der Waals surface area contributed by atoms with Gasteiger partial charge in [0.1, 0.15) is 19.1 Å². The van der Waals surface area contributed by atoms with Crippen molar-refractivity contribution in [2.45, 2.75) is 13.3 Å². The summed E-state index contributed by atoms with van der Waals surface area (Å²) in [7, 11) is 1.58. The lowest BCUT2D eigenvalue weighted by atomic mass is 10.3. The van der Waals surface area contributed by atoms with E-state index in [1.807, 2.05) is 11.4 Å². The predicted molar refractivity (Wildman–Crippen MR) is 97.3 cm³/mol. The molecule has 0 aliphatic heterocycles. The van der Waals surface area contributed by atoms with Crippen molar-refractivity contribution >= 4 is 34.5 Å². The number of halogens is 1. The number of ether oxygens (including phenoxy) is 2. The summed E-state index contributed by atoms with van der Waals surface area (Å²) >= 11 is 7.21.